The van der Waals surface area contributed by atoms with E-state index in [1.54, 1.807) is 0 Å². The fraction of sp³-hybridized carbons (Fsp3) is 1.00. The molecule has 0 bridgehead atoms. The minimum Gasteiger partial charge on any atom is -0.328 e. The molecule has 1 nitrogen and oxygen atoms in total. The fourth-order valence-corrected chi connectivity index (χ4v) is 1.79. The van der Waals surface area contributed by atoms with Gasteiger partial charge in [-0.1, -0.05) is 32.6 Å². The Bertz CT molecular complexity index is 85.9. The minimum atomic E-state index is 0.453. The van der Waals surface area contributed by atoms with Crippen molar-refractivity contribution in [3.8, 4) is 0 Å². The second kappa shape index (κ2) is 9.40. The Labute approximate surface area is 81.5 Å². The summed E-state index contributed by atoms with van der Waals surface area (Å²) in [4.78, 5) is 0. The van der Waals surface area contributed by atoms with E-state index < -0.39 is 0 Å². The van der Waals surface area contributed by atoms with E-state index in [9.17, 15) is 0 Å². The van der Waals surface area contributed by atoms with Crippen LogP contribution >= 0.6 is 11.8 Å². The standard InChI is InChI=1S/C10H23NS/c1-3-4-5-6-7-10(11)8-9-12-2/h10H,3-9,11H2,1-2H3. The van der Waals surface area contributed by atoms with E-state index in [1.807, 2.05) is 11.8 Å². The third kappa shape index (κ3) is 8.41. The van der Waals surface area contributed by atoms with Crippen LogP contribution in [-0.4, -0.2) is 18.1 Å². The van der Waals surface area contributed by atoms with E-state index in [2.05, 4.69) is 13.2 Å². The van der Waals surface area contributed by atoms with Gasteiger partial charge in [0.2, 0.25) is 0 Å². The molecule has 0 aliphatic carbocycles. The summed E-state index contributed by atoms with van der Waals surface area (Å²) in [6.07, 6.45) is 9.93. The van der Waals surface area contributed by atoms with Crippen LogP contribution in [0, 0.1) is 0 Å². The summed E-state index contributed by atoms with van der Waals surface area (Å²) in [5, 5.41) is 0. The molecule has 0 rings (SSSR count). The summed E-state index contributed by atoms with van der Waals surface area (Å²) in [7, 11) is 0. The molecule has 1 unspecified atom stereocenters. The average Bonchev–Trinajstić information content (AvgIpc) is 2.09. The fourth-order valence-electron chi connectivity index (χ4n) is 1.25. The van der Waals surface area contributed by atoms with E-state index in [0.717, 1.165) is 0 Å². The topological polar surface area (TPSA) is 26.0 Å². The van der Waals surface area contributed by atoms with E-state index in [0.29, 0.717) is 6.04 Å². The van der Waals surface area contributed by atoms with Crippen LogP contribution in [0.25, 0.3) is 0 Å². The summed E-state index contributed by atoms with van der Waals surface area (Å²) in [5.74, 6) is 1.22. The second-order valence-electron chi connectivity index (χ2n) is 3.39. The van der Waals surface area contributed by atoms with Crippen LogP contribution in [0.1, 0.15) is 45.4 Å². The van der Waals surface area contributed by atoms with Gasteiger partial charge in [0.1, 0.15) is 0 Å². The Balaban J connectivity index is 3.02. The highest BCUT2D eigenvalue weighted by atomic mass is 32.2. The first-order valence-corrected chi connectivity index (χ1v) is 6.45. The quantitative estimate of drug-likeness (QED) is 0.594. The lowest BCUT2D eigenvalue weighted by Gasteiger charge is -2.09. The van der Waals surface area contributed by atoms with Gasteiger partial charge in [0.05, 0.1) is 0 Å². The molecule has 74 valence electrons. The van der Waals surface area contributed by atoms with E-state index in [-0.39, 0.29) is 0 Å². The second-order valence-corrected chi connectivity index (χ2v) is 4.38. The number of thioether (sulfide) groups is 1. The predicted octanol–water partition coefficient (Wildman–Crippen LogP) is 3.04. The van der Waals surface area contributed by atoms with Crippen LogP contribution in [0.4, 0.5) is 0 Å². The van der Waals surface area contributed by atoms with Crippen LogP contribution in [0.2, 0.25) is 0 Å². The predicted molar refractivity (Wildman–Crippen MR) is 59.7 cm³/mol. The van der Waals surface area contributed by atoms with Crippen molar-refractivity contribution >= 4 is 11.8 Å². The lowest BCUT2D eigenvalue weighted by molar-refractivity contribution is 0.540. The highest BCUT2D eigenvalue weighted by molar-refractivity contribution is 7.98. The zero-order chi connectivity index (χ0) is 9.23. The first kappa shape index (κ1) is 12.3. The number of unbranched alkanes of at least 4 members (excludes halogenated alkanes) is 3. The molecule has 0 aliphatic heterocycles. The smallest absolute Gasteiger partial charge is 0.00466 e. The summed E-state index contributed by atoms with van der Waals surface area (Å²) < 4.78 is 0. The first-order valence-electron chi connectivity index (χ1n) is 5.05. The summed E-state index contributed by atoms with van der Waals surface area (Å²) in [6, 6.07) is 0.453. The molecule has 0 radical (unpaired) electrons. The van der Waals surface area contributed by atoms with Gasteiger partial charge >= 0.3 is 0 Å². The van der Waals surface area contributed by atoms with Gasteiger partial charge in [0.15, 0.2) is 0 Å². The van der Waals surface area contributed by atoms with Crippen molar-refractivity contribution < 1.29 is 0 Å². The summed E-state index contributed by atoms with van der Waals surface area (Å²) >= 11 is 1.89. The molecule has 0 aromatic carbocycles. The lowest BCUT2D eigenvalue weighted by Crippen LogP contribution is -2.20. The van der Waals surface area contributed by atoms with Gasteiger partial charge in [-0.2, -0.15) is 11.8 Å². The van der Waals surface area contributed by atoms with Crippen molar-refractivity contribution in [2.45, 2.75) is 51.5 Å². The van der Waals surface area contributed by atoms with Gasteiger partial charge in [0.25, 0.3) is 0 Å². The van der Waals surface area contributed by atoms with Crippen LogP contribution in [0.3, 0.4) is 0 Å². The molecule has 0 spiro atoms. The molecule has 0 heterocycles. The zero-order valence-electron chi connectivity index (χ0n) is 8.51. The largest absolute Gasteiger partial charge is 0.328 e. The average molecular weight is 189 g/mol. The summed E-state index contributed by atoms with van der Waals surface area (Å²) in [5.41, 5.74) is 5.93. The van der Waals surface area contributed by atoms with E-state index in [4.69, 9.17) is 5.73 Å². The molecule has 1 atom stereocenters. The normalized spacial score (nSPS) is 13.2. The number of rotatable bonds is 8. The molecule has 0 aromatic heterocycles. The van der Waals surface area contributed by atoms with Gasteiger partial charge in [-0.3, -0.25) is 0 Å². The number of hydrogen-bond donors (Lipinski definition) is 1. The third-order valence-electron chi connectivity index (χ3n) is 2.12. The number of nitrogens with two attached hydrogens (primary N) is 1. The van der Waals surface area contributed by atoms with Gasteiger partial charge < -0.3 is 5.73 Å². The van der Waals surface area contributed by atoms with E-state index in [1.165, 1.54) is 44.3 Å². The molecule has 0 fully saturated rings. The molecule has 0 saturated heterocycles. The first-order chi connectivity index (χ1) is 5.81. The summed E-state index contributed by atoms with van der Waals surface area (Å²) in [6.45, 7) is 2.24. The molecule has 0 saturated carbocycles. The Morgan fingerprint density at radius 2 is 1.92 bits per heavy atom. The molecule has 12 heavy (non-hydrogen) atoms. The van der Waals surface area contributed by atoms with Crippen LogP contribution < -0.4 is 5.73 Å². The van der Waals surface area contributed by atoms with Crippen molar-refractivity contribution in [2.24, 2.45) is 5.73 Å². The van der Waals surface area contributed by atoms with Gasteiger partial charge in [-0.25, -0.2) is 0 Å². The van der Waals surface area contributed by atoms with Crippen molar-refractivity contribution in [2.75, 3.05) is 12.0 Å². The van der Waals surface area contributed by atoms with Crippen molar-refractivity contribution in [1.29, 1.82) is 0 Å². The van der Waals surface area contributed by atoms with Crippen molar-refractivity contribution in [3.05, 3.63) is 0 Å². The minimum absolute atomic E-state index is 0.453. The maximum atomic E-state index is 5.93. The molecule has 2 heteroatoms. The highest BCUT2D eigenvalue weighted by Crippen LogP contribution is 2.08. The molecular formula is C10H23NS. The number of hydrogen-bond acceptors (Lipinski definition) is 2. The SMILES string of the molecule is CCCCCCC(N)CCSC. The Morgan fingerprint density at radius 3 is 2.50 bits per heavy atom. The van der Waals surface area contributed by atoms with Gasteiger partial charge in [-0.15, -0.1) is 0 Å². The maximum Gasteiger partial charge on any atom is 0.00466 e. The van der Waals surface area contributed by atoms with Gasteiger partial charge in [0, 0.05) is 6.04 Å². The molecule has 0 amide bonds. The molecular weight excluding hydrogens is 166 g/mol. The highest BCUT2D eigenvalue weighted by Gasteiger charge is 2.00. The molecule has 0 aliphatic rings. The van der Waals surface area contributed by atoms with Crippen LogP contribution in [-0.2, 0) is 0 Å². The Hall–Kier alpha value is 0.310. The Kier molecular flexibility index (Phi) is 9.64. The van der Waals surface area contributed by atoms with Crippen LogP contribution in [0.15, 0.2) is 0 Å². The molecule has 2 N–H and O–H groups in total. The monoisotopic (exact) mass is 189 g/mol. The zero-order valence-corrected chi connectivity index (χ0v) is 9.33. The third-order valence-corrected chi connectivity index (χ3v) is 2.77. The Morgan fingerprint density at radius 1 is 1.17 bits per heavy atom. The van der Waals surface area contributed by atoms with Crippen molar-refractivity contribution in [3.63, 3.8) is 0 Å². The van der Waals surface area contributed by atoms with Crippen molar-refractivity contribution in [1.82, 2.24) is 0 Å². The van der Waals surface area contributed by atoms with E-state index >= 15 is 0 Å². The lowest BCUT2D eigenvalue weighted by atomic mass is 10.1. The molecule has 0 aromatic rings. The maximum absolute atomic E-state index is 5.93. The van der Waals surface area contributed by atoms with Gasteiger partial charge in [-0.05, 0) is 24.9 Å². The van der Waals surface area contributed by atoms with Crippen LogP contribution in [0.5, 0.6) is 0 Å².